The summed E-state index contributed by atoms with van der Waals surface area (Å²) in [5, 5.41) is -0.421. The summed E-state index contributed by atoms with van der Waals surface area (Å²) in [7, 11) is 1.40. The Balaban J connectivity index is 2.40. The second-order valence-corrected chi connectivity index (χ2v) is 3.88. The molecule has 2 amide bonds. The highest BCUT2D eigenvalue weighted by Crippen LogP contribution is 2.32. The number of imide groups is 1. The van der Waals surface area contributed by atoms with Crippen LogP contribution in [-0.2, 0) is 4.79 Å². The Bertz CT molecular complexity index is 489. The third kappa shape index (κ3) is 1.65. The minimum atomic E-state index is -0.462. The topological polar surface area (TPSA) is 72.4 Å². The number of amides is 2. The number of carbonyl (C=O) groups is 2. The standard InChI is InChI=1S/C9H7N3O3S/c1-5-7(13)12(9(14)16-5)6-3-4-10-8(11-6)15-2/h3-4H,1H2,2H3. The fraction of sp³-hybridized carbons (Fsp3) is 0.111. The number of nitrogens with zero attached hydrogens (tertiary/aromatic N) is 3. The van der Waals surface area contributed by atoms with Gasteiger partial charge in [-0.25, -0.2) is 9.88 Å². The van der Waals surface area contributed by atoms with Crippen molar-refractivity contribution in [2.75, 3.05) is 12.0 Å². The zero-order valence-electron chi connectivity index (χ0n) is 8.34. The van der Waals surface area contributed by atoms with Crippen LogP contribution in [0.4, 0.5) is 10.6 Å². The molecule has 0 saturated carbocycles. The molecule has 1 aromatic heterocycles. The molecule has 1 aliphatic heterocycles. The van der Waals surface area contributed by atoms with Crippen molar-refractivity contribution in [1.82, 2.24) is 9.97 Å². The van der Waals surface area contributed by atoms with E-state index in [0.29, 0.717) is 0 Å². The minimum Gasteiger partial charge on any atom is -0.467 e. The van der Waals surface area contributed by atoms with Crippen LogP contribution < -0.4 is 9.64 Å². The summed E-state index contributed by atoms with van der Waals surface area (Å²) >= 11 is 0.787. The lowest BCUT2D eigenvalue weighted by atomic mass is 10.4. The Morgan fingerprint density at radius 1 is 1.50 bits per heavy atom. The van der Waals surface area contributed by atoms with Crippen LogP contribution in [0.2, 0.25) is 0 Å². The second-order valence-electron chi connectivity index (χ2n) is 2.83. The molecule has 16 heavy (non-hydrogen) atoms. The van der Waals surface area contributed by atoms with Crippen LogP contribution >= 0.6 is 11.8 Å². The summed E-state index contributed by atoms with van der Waals surface area (Å²) in [6, 6.07) is 1.55. The summed E-state index contributed by atoms with van der Waals surface area (Å²) < 4.78 is 4.81. The second kappa shape index (κ2) is 3.93. The van der Waals surface area contributed by atoms with E-state index in [1.807, 2.05) is 0 Å². The van der Waals surface area contributed by atoms with Crippen LogP contribution in [-0.4, -0.2) is 28.2 Å². The van der Waals surface area contributed by atoms with E-state index in [-0.39, 0.29) is 16.7 Å². The number of hydrogen-bond acceptors (Lipinski definition) is 6. The van der Waals surface area contributed by atoms with Gasteiger partial charge in [-0.05, 0) is 11.8 Å². The molecular formula is C9H7N3O3S. The van der Waals surface area contributed by atoms with Crippen LogP contribution in [0.25, 0.3) is 0 Å². The van der Waals surface area contributed by atoms with Gasteiger partial charge in [-0.15, -0.1) is 0 Å². The molecular weight excluding hydrogens is 230 g/mol. The van der Waals surface area contributed by atoms with Gasteiger partial charge in [-0.1, -0.05) is 6.58 Å². The van der Waals surface area contributed by atoms with E-state index in [2.05, 4.69) is 16.5 Å². The van der Waals surface area contributed by atoms with Crippen molar-refractivity contribution in [3.8, 4) is 6.01 Å². The van der Waals surface area contributed by atoms with E-state index < -0.39 is 11.1 Å². The Labute approximate surface area is 95.3 Å². The van der Waals surface area contributed by atoms with Crippen LogP contribution in [0.3, 0.4) is 0 Å². The van der Waals surface area contributed by atoms with Crippen LogP contribution in [0.1, 0.15) is 0 Å². The molecule has 1 saturated heterocycles. The Kier molecular flexibility index (Phi) is 2.61. The highest BCUT2D eigenvalue weighted by Gasteiger charge is 2.36. The SMILES string of the molecule is C=C1SC(=O)N(c2ccnc(OC)n2)C1=O. The maximum atomic E-state index is 11.6. The molecule has 0 aliphatic carbocycles. The molecule has 82 valence electrons. The third-order valence-corrected chi connectivity index (χ3v) is 2.64. The smallest absolute Gasteiger partial charge is 0.318 e. The molecule has 0 bridgehead atoms. The lowest BCUT2D eigenvalue weighted by Gasteiger charge is -2.10. The number of carbonyl (C=O) groups excluding carboxylic acids is 2. The van der Waals surface area contributed by atoms with Crippen LogP contribution in [0.15, 0.2) is 23.7 Å². The largest absolute Gasteiger partial charge is 0.467 e. The molecule has 0 aromatic carbocycles. The van der Waals surface area contributed by atoms with Gasteiger partial charge in [0, 0.05) is 12.3 Å². The number of methoxy groups -OCH3 is 1. The maximum Gasteiger partial charge on any atom is 0.318 e. The number of aromatic nitrogens is 2. The van der Waals surface area contributed by atoms with Crippen molar-refractivity contribution in [1.29, 1.82) is 0 Å². The van der Waals surface area contributed by atoms with Crippen molar-refractivity contribution in [3.05, 3.63) is 23.7 Å². The Morgan fingerprint density at radius 3 is 2.81 bits per heavy atom. The highest BCUT2D eigenvalue weighted by atomic mass is 32.2. The molecule has 1 aliphatic rings. The van der Waals surface area contributed by atoms with Crippen molar-refractivity contribution in [3.63, 3.8) is 0 Å². The van der Waals surface area contributed by atoms with Gasteiger partial charge in [0.05, 0.1) is 12.0 Å². The average Bonchev–Trinajstić information content (AvgIpc) is 2.53. The van der Waals surface area contributed by atoms with Crippen molar-refractivity contribution >= 4 is 28.7 Å². The van der Waals surface area contributed by atoms with Gasteiger partial charge in [-0.2, -0.15) is 4.98 Å². The summed E-state index contributed by atoms with van der Waals surface area (Å²) in [5.41, 5.74) is 0. The molecule has 0 radical (unpaired) electrons. The van der Waals surface area contributed by atoms with Crippen molar-refractivity contribution in [2.45, 2.75) is 0 Å². The molecule has 6 nitrogen and oxygen atoms in total. The summed E-state index contributed by atoms with van der Waals surface area (Å²) in [6.45, 7) is 3.48. The average molecular weight is 237 g/mol. The molecule has 7 heteroatoms. The predicted octanol–water partition coefficient (Wildman–Crippen LogP) is 1.20. The first-order chi connectivity index (χ1) is 7.63. The lowest BCUT2D eigenvalue weighted by Crippen LogP contribution is -2.28. The van der Waals surface area contributed by atoms with E-state index in [1.165, 1.54) is 19.4 Å². The molecule has 2 rings (SSSR count). The Hall–Kier alpha value is -1.89. The zero-order valence-corrected chi connectivity index (χ0v) is 9.15. The molecule has 1 fully saturated rings. The van der Waals surface area contributed by atoms with Crippen LogP contribution in [0.5, 0.6) is 6.01 Å². The molecule has 1 aromatic rings. The molecule has 2 heterocycles. The minimum absolute atomic E-state index is 0.0978. The van der Waals surface area contributed by atoms with Gasteiger partial charge >= 0.3 is 6.01 Å². The van der Waals surface area contributed by atoms with E-state index >= 15 is 0 Å². The molecule has 0 spiro atoms. The van der Waals surface area contributed by atoms with Gasteiger partial charge in [0.25, 0.3) is 11.1 Å². The Morgan fingerprint density at radius 2 is 2.25 bits per heavy atom. The molecule has 0 N–H and O–H groups in total. The first-order valence-electron chi connectivity index (χ1n) is 4.25. The normalized spacial score (nSPS) is 15.8. The summed E-state index contributed by atoms with van der Waals surface area (Å²) in [6.07, 6.45) is 1.41. The monoisotopic (exact) mass is 237 g/mol. The van der Waals surface area contributed by atoms with Crippen molar-refractivity contribution < 1.29 is 14.3 Å². The lowest BCUT2D eigenvalue weighted by molar-refractivity contribution is -0.113. The number of ether oxygens (including phenoxy) is 1. The number of hydrogen-bond donors (Lipinski definition) is 0. The van der Waals surface area contributed by atoms with Crippen LogP contribution in [0, 0.1) is 0 Å². The van der Waals surface area contributed by atoms with Gasteiger partial charge < -0.3 is 4.74 Å². The van der Waals surface area contributed by atoms with E-state index in [4.69, 9.17) is 4.74 Å². The number of anilines is 1. The number of thioether (sulfide) groups is 1. The third-order valence-electron chi connectivity index (χ3n) is 1.87. The van der Waals surface area contributed by atoms with E-state index in [0.717, 1.165) is 16.7 Å². The molecule has 0 unspecified atom stereocenters. The number of rotatable bonds is 2. The van der Waals surface area contributed by atoms with E-state index in [1.54, 1.807) is 0 Å². The summed E-state index contributed by atoms with van der Waals surface area (Å²) in [4.78, 5) is 31.9. The fourth-order valence-electron chi connectivity index (χ4n) is 1.15. The van der Waals surface area contributed by atoms with Gasteiger partial charge in [-0.3, -0.25) is 9.59 Å². The maximum absolute atomic E-state index is 11.6. The predicted molar refractivity (Wildman–Crippen MR) is 58.2 cm³/mol. The fourth-order valence-corrected chi connectivity index (χ4v) is 1.81. The molecule has 0 atom stereocenters. The highest BCUT2D eigenvalue weighted by molar-refractivity contribution is 8.18. The summed E-state index contributed by atoms with van der Waals surface area (Å²) in [5.74, 6) is -0.274. The first-order valence-corrected chi connectivity index (χ1v) is 5.07. The quantitative estimate of drug-likeness (QED) is 0.719. The van der Waals surface area contributed by atoms with Gasteiger partial charge in [0.2, 0.25) is 0 Å². The van der Waals surface area contributed by atoms with Gasteiger partial charge in [0.15, 0.2) is 5.82 Å². The first kappa shape index (κ1) is 10.6. The van der Waals surface area contributed by atoms with Crippen molar-refractivity contribution in [2.24, 2.45) is 0 Å². The van der Waals surface area contributed by atoms with E-state index in [9.17, 15) is 9.59 Å². The van der Waals surface area contributed by atoms with Gasteiger partial charge in [0.1, 0.15) is 0 Å². The zero-order chi connectivity index (χ0) is 11.7.